The topological polar surface area (TPSA) is 29.5 Å². The molecule has 84 valence electrons. The Balaban J connectivity index is 3.79. The summed E-state index contributed by atoms with van der Waals surface area (Å²) in [4.78, 5) is 13.5. The first-order chi connectivity index (χ1) is 6.61. The molecule has 0 aromatic rings. The summed E-state index contributed by atoms with van der Waals surface area (Å²) < 4.78 is 4.96. The van der Waals surface area contributed by atoms with Crippen LogP contribution in [0.1, 0.15) is 33.6 Å². The van der Waals surface area contributed by atoms with Crippen LogP contribution in [0.5, 0.6) is 0 Å². The second-order valence-corrected chi connectivity index (χ2v) is 3.90. The summed E-state index contributed by atoms with van der Waals surface area (Å²) in [5, 5.41) is 0. The van der Waals surface area contributed by atoms with E-state index in [1.165, 1.54) is 0 Å². The van der Waals surface area contributed by atoms with Crippen molar-refractivity contribution in [3.63, 3.8) is 0 Å². The number of likely N-dealkylation sites (N-methyl/N-ethyl adjacent to an activating group) is 1. The van der Waals surface area contributed by atoms with E-state index in [9.17, 15) is 4.79 Å². The molecule has 0 rings (SSSR count). The first-order valence-corrected chi connectivity index (χ1v) is 5.38. The summed E-state index contributed by atoms with van der Waals surface area (Å²) in [7, 11) is 1.66. The van der Waals surface area contributed by atoms with Gasteiger partial charge in [-0.3, -0.25) is 4.79 Å². The van der Waals surface area contributed by atoms with Crippen LogP contribution in [-0.2, 0) is 9.53 Å². The number of nitrogens with zero attached hydrogens (tertiary/aromatic N) is 1. The van der Waals surface area contributed by atoms with Crippen molar-refractivity contribution in [3.8, 4) is 0 Å². The highest BCUT2D eigenvalue weighted by Crippen LogP contribution is 2.06. The monoisotopic (exact) mass is 201 g/mol. The number of ether oxygens (including phenoxy) is 1. The SMILES string of the molecule is CCN(CCOC)C(=O)CCC(C)C. The Kier molecular flexibility index (Phi) is 7.48. The Morgan fingerprint density at radius 1 is 1.43 bits per heavy atom. The molecular formula is C11H23NO2. The third-order valence-electron chi connectivity index (χ3n) is 2.24. The van der Waals surface area contributed by atoms with Crippen molar-refractivity contribution in [1.29, 1.82) is 0 Å². The minimum Gasteiger partial charge on any atom is -0.383 e. The van der Waals surface area contributed by atoms with Crippen molar-refractivity contribution < 1.29 is 9.53 Å². The minimum absolute atomic E-state index is 0.248. The van der Waals surface area contributed by atoms with Crippen LogP contribution in [0.2, 0.25) is 0 Å². The molecule has 3 heteroatoms. The first-order valence-electron chi connectivity index (χ1n) is 5.38. The Labute approximate surface area is 87.4 Å². The third kappa shape index (κ3) is 5.97. The molecule has 0 bridgehead atoms. The van der Waals surface area contributed by atoms with Crippen molar-refractivity contribution in [2.24, 2.45) is 5.92 Å². The fraction of sp³-hybridized carbons (Fsp3) is 0.909. The zero-order valence-electron chi connectivity index (χ0n) is 9.88. The number of carbonyl (C=O) groups is 1. The zero-order chi connectivity index (χ0) is 11.0. The lowest BCUT2D eigenvalue weighted by Gasteiger charge is -2.20. The molecule has 3 nitrogen and oxygen atoms in total. The number of hydrogen-bond donors (Lipinski definition) is 0. The highest BCUT2D eigenvalue weighted by Gasteiger charge is 2.11. The molecule has 0 saturated carbocycles. The molecule has 0 aliphatic carbocycles. The number of methoxy groups -OCH3 is 1. The molecule has 0 aromatic carbocycles. The van der Waals surface area contributed by atoms with Gasteiger partial charge in [0.2, 0.25) is 5.91 Å². The molecule has 0 aromatic heterocycles. The standard InChI is InChI=1S/C11H23NO2/c1-5-12(8-9-14-4)11(13)7-6-10(2)3/h10H,5-9H2,1-4H3. The molecule has 14 heavy (non-hydrogen) atoms. The van der Waals surface area contributed by atoms with Crippen molar-refractivity contribution in [2.75, 3.05) is 26.8 Å². The van der Waals surface area contributed by atoms with Gasteiger partial charge in [0.15, 0.2) is 0 Å². The number of carbonyl (C=O) groups excluding carboxylic acids is 1. The molecule has 0 fully saturated rings. The normalized spacial score (nSPS) is 10.6. The van der Waals surface area contributed by atoms with E-state index in [1.807, 2.05) is 11.8 Å². The van der Waals surface area contributed by atoms with Gasteiger partial charge < -0.3 is 9.64 Å². The molecule has 0 aliphatic heterocycles. The maximum atomic E-state index is 11.7. The molecule has 0 heterocycles. The second-order valence-electron chi connectivity index (χ2n) is 3.90. The highest BCUT2D eigenvalue weighted by molar-refractivity contribution is 5.76. The smallest absolute Gasteiger partial charge is 0.222 e. The van der Waals surface area contributed by atoms with E-state index in [2.05, 4.69) is 13.8 Å². The number of amides is 1. The second kappa shape index (κ2) is 7.80. The molecule has 0 radical (unpaired) electrons. The predicted molar refractivity (Wildman–Crippen MR) is 58.2 cm³/mol. The van der Waals surface area contributed by atoms with E-state index in [-0.39, 0.29) is 5.91 Å². The third-order valence-corrected chi connectivity index (χ3v) is 2.24. The Morgan fingerprint density at radius 2 is 2.07 bits per heavy atom. The summed E-state index contributed by atoms with van der Waals surface area (Å²) in [6, 6.07) is 0. The fourth-order valence-electron chi connectivity index (χ4n) is 1.23. The predicted octanol–water partition coefficient (Wildman–Crippen LogP) is 1.92. The van der Waals surface area contributed by atoms with E-state index >= 15 is 0 Å². The van der Waals surface area contributed by atoms with Crippen LogP contribution in [0, 0.1) is 5.92 Å². The Morgan fingerprint density at radius 3 is 2.50 bits per heavy atom. The van der Waals surface area contributed by atoms with Crippen LogP contribution in [0.25, 0.3) is 0 Å². The molecule has 0 atom stereocenters. The van der Waals surface area contributed by atoms with Crippen molar-refractivity contribution >= 4 is 5.91 Å². The summed E-state index contributed by atoms with van der Waals surface area (Å²) in [6.07, 6.45) is 1.64. The lowest BCUT2D eigenvalue weighted by atomic mass is 10.1. The fourth-order valence-corrected chi connectivity index (χ4v) is 1.23. The van der Waals surface area contributed by atoms with Gasteiger partial charge in [-0.2, -0.15) is 0 Å². The van der Waals surface area contributed by atoms with Gasteiger partial charge >= 0.3 is 0 Å². The van der Waals surface area contributed by atoms with Gasteiger partial charge in [0, 0.05) is 26.6 Å². The van der Waals surface area contributed by atoms with Gasteiger partial charge in [-0.1, -0.05) is 13.8 Å². The average Bonchev–Trinajstić information content (AvgIpc) is 2.16. The van der Waals surface area contributed by atoms with Gasteiger partial charge in [-0.05, 0) is 19.3 Å². The molecule has 0 unspecified atom stereocenters. The molecule has 0 spiro atoms. The summed E-state index contributed by atoms with van der Waals surface area (Å²) in [6.45, 7) is 8.39. The maximum absolute atomic E-state index is 11.7. The van der Waals surface area contributed by atoms with E-state index in [4.69, 9.17) is 4.74 Å². The largest absolute Gasteiger partial charge is 0.383 e. The zero-order valence-corrected chi connectivity index (χ0v) is 9.88. The van der Waals surface area contributed by atoms with Gasteiger partial charge in [0.25, 0.3) is 0 Å². The molecule has 0 saturated heterocycles. The Hall–Kier alpha value is -0.570. The summed E-state index contributed by atoms with van der Waals surface area (Å²) in [5.41, 5.74) is 0. The maximum Gasteiger partial charge on any atom is 0.222 e. The highest BCUT2D eigenvalue weighted by atomic mass is 16.5. The van der Waals surface area contributed by atoms with Gasteiger partial charge in [-0.15, -0.1) is 0 Å². The quantitative estimate of drug-likeness (QED) is 0.630. The number of rotatable bonds is 7. The molecule has 0 aliphatic rings. The molecule has 1 amide bonds. The van der Waals surface area contributed by atoms with E-state index in [0.717, 1.165) is 13.0 Å². The van der Waals surface area contributed by atoms with Gasteiger partial charge in [0.05, 0.1) is 6.61 Å². The van der Waals surface area contributed by atoms with Crippen LogP contribution >= 0.6 is 0 Å². The van der Waals surface area contributed by atoms with Gasteiger partial charge in [0.1, 0.15) is 0 Å². The average molecular weight is 201 g/mol. The number of hydrogen-bond acceptors (Lipinski definition) is 2. The van der Waals surface area contributed by atoms with Crippen LogP contribution in [0.4, 0.5) is 0 Å². The van der Waals surface area contributed by atoms with Crippen molar-refractivity contribution in [1.82, 2.24) is 4.90 Å². The molecular weight excluding hydrogens is 178 g/mol. The van der Waals surface area contributed by atoms with Crippen LogP contribution in [0.15, 0.2) is 0 Å². The lowest BCUT2D eigenvalue weighted by molar-refractivity contribution is -0.131. The minimum atomic E-state index is 0.248. The van der Waals surface area contributed by atoms with E-state index < -0.39 is 0 Å². The summed E-state index contributed by atoms with van der Waals surface area (Å²) in [5.74, 6) is 0.846. The van der Waals surface area contributed by atoms with Crippen LogP contribution < -0.4 is 0 Å². The lowest BCUT2D eigenvalue weighted by Crippen LogP contribution is -2.33. The summed E-state index contributed by atoms with van der Waals surface area (Å²) >= 11 is 0. The van der Waals surface area contributed by atoms with Crippen LogP contribution in [-0.4, -0.2) is 37.6 Å². The van der Waals surface area contributed by atoms with E-state index in [0.29, 0.717) is 25.5 Å². The molecule has 0 N–H and O–H groups in total. The Bertz CT molecular complexity index is 157. The van der Waals surface area contributed by atoms with Gasteiger partial charge in [-0.25, -0.2) is 0 Å². The van der Waals surface area contributed by atoms with Crippen LogP contribution in [0.3, 0.4) is 0 Å². The first kappa shape index (κ1) is 13.4. The van der Waals surface area contributed by atoms with Crippen molar-refractivity contribution in [2.45, 2.75) is 33.6 Å². The van der Waals surface area contributed by atoms with Crippen molar-refractivity contribution in [3.05, 3.63) is 0 Å². The van der Waals surface area contributed by atoms with E-state index in [1.54, 1.807) is 7.11 Å².